The number of aryl methyl sites for hydroxylation is 2. The van der Waals surface area contributed by atoms with Crippen LogP contribution in [0.2, 0.25) is 0 Å². The number of aromatic nitrogens is 3. The molecule has 0 saturated heterocycles. The fraction of sp³-hybridized carbons (Fsp3) is 0.133. The van der Waals surface area contributed by atoms with Gasteiger partial charge in [-0.05, 0) is 25.5 Å². The second-order valence-electron chi connectivity index (χ2n) is 4.87. The zero-order valence-electron chi connectivity index (χ0n) is 11.0. The molecule has 0 spiro atoms. The van der Waals surface area contributed by atoms with Crippen molar-refractivity contribution in [2.24, 2.45) is 0 Å². The minimum Gasteiger partial charge on any atom is -0.310 e. The SMILES string of the molecule is Cc1nc2c(sc3nc4ccccc4c(C)c32)c(=O)[nH]1. The van der Waals surface area contributed by atoms with E-state index in [2.05, 4.69) is 27.9 Å². The third-order valence-electron chi connectivity index (χ3n) is 3.55. The number of rotatable bonds is 0. The molecule has 4 aromatic rings. The molecule has 0 fully saturated rings. The Hall–Kier alpha value is -2.27. The molecule has 0 amide bonds. The van der Waals surface area contributed by atoms with Gasteiger partial charge in [0, 0.05) is 10.8 Å². The van der Waals surface area contributed by atoms with Gasteiger partial charge in [-0.3, -0.25) is 4.79 Å². The van der Waals surface area contributed by atoms with Gasteiger partial charge in [-0.1, -0.05) is 18.2 Å². The molecule has 0 radical (unpaired) electrons. The predicted molar refractivity (Wildman–Crippen MR) is 82.5 cm³/mol. The number of nitrogens with one attached hydrogen (secondary N) is 1. The average Bonchev–Trinajstić information content (AvgIpc) is 2.78. The summed E-state index contributed by atoms with van der Waals surface area (Å²) in [6, 6.07) is 8.03. The Labute approximate surface area is 118 Å². The van der Waals surface area contributed by atoms with Crippen molar-refractivity contribution in [1.82, 2.24) is 15.0 Å². The van der Waals surface area contributed by atoms with Crippen molar-refractivity contribution in [2.45, 2.75) is 13.8 Å². The van der Waals surface area contributed by atoms with Crippen LogP contribution in [0.4, 0.5) is 0 Å². The lowest BCUT2D eigenvalue weighted by atomic mass is 10.1. The number of hydrogen-bond acceptors (Lipinski definition) is 4. The topological polar surface area (TPSA) is 58.6 Å². The van der Waals surface area contributed by atoms with E-state index in [4.69, 9.17) is 0 Å². The van der Waals surface area contributed by atoms with Crippen LogP contribution in [0.5, 0.6) is 0 Å². The molecule has 0 saturated carbocycles. The lowest BCUT2D eigenvalue weighted by molar-refractivity contribution is 1.07. The summed E-state index contributed by atoms with van der Waals surface area (Å²) in [7, 11) is 0. The third kappa shape index (κ3) is 1.44. The molecule has 20 heavy (non-hydrogen) atoms. The monoisotopic (exact) mass is 281 g/mol. The van der Waals surface area contributed by atoms with Gasteiger partial charge in [0.05, 0.1) is 11.0 Å². The molecule has 0 bridgehead atoms. The van der Waals surface area contributed by atoms with E-state index in [0.717, 1.165) is 32.2 Å². The second kappa shape index (κ2) is 3.86. The summed E-state index contributed by atoms with van der Waals surface area (Å²) in [6.07, 6.45) is 0. The minimum atomic E-state index is -0.0843. The molecule has 0 aliphatic rings. The molecule has 0 aliphatic carbocycles. The van der Waals surface area contributed by atoms with Crippen molar-refractivity contribution in [1.29, 1.82) is 0 Å². The lowest BCUT2D eigenvalue weighted by Crippen LogP contribution is -2.07. The largest absolute Gasteiger partial charge is 0.310 e. The first-order valence-corrected chi connectivity index (χ1v) is 7.15. The fourth-order valence-corrected chi connectivity index (χ4v) is 3.71. The zero-order valence-corrected chi connectivity index (χ0v) is 11.8. The van der Waals surface area contributed by atoms with Crippen molar-refractivity contribution >= 4 is 42.7 Å². The standard InChI is InChI=1S/C15H11N3OS/c1-7-9-5-3-4-6-10(9)18-15-11(7)12-13(20-15)14(19)17-8(2)16-12/h3-6H,1-2H3,(H,16,17,19). The molecule has 0 atom stereocenters. The van der Waals surface area contributed by atoms with Crippen LogP contribution in [-0.4, -0.2) is 15.0 Å². The van der Waals surface area contributed by atoms with Crippen LogP contribution < -0.4 is 5.56 Å². The lowest BCUT2D eigenvalue weighted by Gasteiger charge is -2.03. The summed E-state index contributed by atoms with van der Waals surface area (Å²) >= 11 is 1.41. The van der Waals surface area contributed by atoms with Gasteiger partial charge in [0.2, 0.25) is 0 Å². The first-order valence-electron chi connectivity index (χ1n) is 6.33. The van der Waals surface area contributed by atoms with E-state index in [1.807, 2.05) is 18.2 Å². The molecule has 1 aromatic carbocycles. The number of hydrogen-bond donors (Lipinski definition) is 1. The van der Waals surface area contributed by atoms with Crippen LogP contribution in [0.3, 0.4) is 0 Å². The zero-order chi connectivity index (χ0) is 13.9. The van der Waals surface area contributed by atoms with E-state index in [9.17, 15) is 4.79 Å². The Morgan fingerprint density at radius 1 is 1.15 bits per heavy atom. The number of pyridine rings is 1. The highest BCUT2D eigenvalue weighted by molar-refractivity contribution is 7.25. The van der Waals surface area contributed by atoms with Crippen molar-refractivity contribution in [3.05, 3.63) is 46.0 Å². The van der Waals surface area contributed by atoms with E-state index in [-0.39, 0.29) is 5.56 Å². The minimum absolute atomic E-state index is 0.0843. The molecule has 0 unspecified atom stereocenters. The van der Waals surface area contributed by atoms with Crippen LogP contribution in [0.25, 0.3) is 31.3 Å². The van der Waals surface area contributed by atoms with Crippen LogP contribution in [0.15, 0.2) is 29.1 Å². The highest BCUT2D eigenvalue weighted by atomic mass is 32.1. The highest BCUT2D eigenvalue weighted by Crippen LogP contribution is 2.34. The molecule has 1 N–H and O–H groups in total. The Bertz CT molecular complexity index is 1050. The summed E-state index contributed by atoms with van der Waals surface area (Å²) < 4.78 is 0.650. The summed E-state index contributed by atoms with van der Waals surface area (Å²) in [5.74, 6) is 0.634. The van der Waals surface area contributed by atoms with Crippen molar-refractivity contribution in [3.63, 3.8) is 0 Å². The number of fused-ring (bicyclic) bond motifs is 4. The molecule has 4 rings (SSSR count). The number of benzene rings is 1. The molecular weight excluding hydrogens is 270 g/mol. The van der Waals surface area contributed by atoms with E-state index in [1.54, 1.807) is 6.92 Å². The van der Waals surface area contributed by atoms with Crippen molar-refractivity contribution in [3.8, 4) is 0 Å². The van der Waals surface area contributed by atoms with E-state index < -0.39 is 0 Å². The summed E-state index contributed by atoms with van der Waals surface area (Å²) in [4.78, 5) is 24.9. The molecule has 0 aliphatic heterocycles. The van der Waals surface area contributed by atoms with Gasteiger partial charge >= 0.3 is 0 Å². The molecular formula is C15H11N3OS. The Balaban J connectivity index is 2.35. The third-order valence-corrected chi connectivity index (χ3v) is 4.62. The highest BCUT2D eigenvalue weighted by Gasteiger charge is 2.15. The number of nitrogens with zero attached hydrogens (tertiary/aromatic N) is 2. The molecule has 3 heterocycles. The summed E-state index contributed by atoms with van der Waals surface area (Å²) in [6.45, 7) is 3.87. The number of para-hydroxylation sites is 1. The Morgan fingerprint density at radius 3 is 2.80 bits per heavy atom. The van der Waals surface area contributed by atoms with E-state index in [1.165, 1.54) is 11.3 Å². The van der Waals surface area contributed by atoms with Crippen LogP contribution in [0, 0.1) is 13.8 Å². The maximum atomic E-state index is 12.1. The van der Waals surface area contributed by atoms with Gasteiger partial charge in [-0.15, -0.1) is 11.3 Å². The first-order chi connectivity index (χ1) is 9.65. The van der Waals surface area contributed by atoms with Gasteiger partial charge in [0.15, 0.2) is 0 Å². The fourth-order valence-electron chi connectivity index (χ4n) is 2.64. The molecule has 3 aromatic heterocycles. The van der Waals surface area contributed by atoms with Gasteiger partial charge in [-0.25, -0.2) is 9.97 Å². The number of H-pyrrole nitrogens is 1. The first kappa shape index (κ1) is 11.5. The molecule has 4 nitrogen and oxygen atoms in total. The van der Waals surface area contributed by atoms with Crippen molar-refractivity contribution in [2.75, 3.05) is 0 Å². The smallest absolute Gasteiger partial charge is 0.268 e. The predicted octanol–water partition coefficient (Wildman–Crippen LogP) is 3.30. The second-order valence-corrected chi connectivity index (χ2v) is 5.86. The summed E-state index contributed by atoms with van der Waals surface area (Å²) in [5, 5.41) is 2.11. The van der Waals surface area contributed by atoms with E-state index in [0.29, 0.717) is 10.5 Å². The summed E-state index contributed by atoms with van der Waals surface area (Å²) in [5.41, 5.74) is 2.77. The van der Waals surface area contributed by atoms with Gasteiger partial charge in [-0.2, -0.15) is 0 Å². The van der Waals surface area contributed by atoms with Gasteiger partial charge in [0.25, 0.3) is 5.56 Å². The maximum absolute atomic E-state index is 12.1. The van der Waals surface area contributed by atoms with Crippen LogP contribution in [-0.2, 0) is 0 Å². The van der Waals surface area contributed by atoms with E-state index >= 15 is 0 Å². The van der Waals surface area contributed by atoms with Crippen molar-refractivity contribution < 1.29 is 0 Å². The van der Waals surface area contributed by atoms with Gasteiger partial charge in [0.1, 0.15) is 15.4 Å². The number of aromatic amines is 1. The average molecular weight is 281 g/mol. The maximum Gasteiger partial charge on any atom is 0.268 e. The Kier molecular flexibility index (Phi) is 2.23. The van der Waals surface area contributed by atoms with Gasteiger partial charge < -0.3 is 4.98 Å². The normalized spacial score (nSPS) is 11.7. The molecule has 98 valence electrons. The quantitative estimate of drug-likeness (QED) is 0.538. The van der Waals surface area contributed by atoms with Crippen LogP contribution in [0.1, 0.15) is 11.4 Å². The molecule has 5 heteroatoms. The Morgan fingerprint density at radius 2 is 1.95 bits per heavy atom. The van der Waals surface area contributed by atoms with Crippen LogP contribution >= 0.6 is 11.3 Å². The number of thiophene rings is 1.